The molecule has 1 atom stereocenters. The summed E-state index contributed by atoms with van der Waals surface area (Å²) in [5, 5.41) is 8.28. The van der Waals surface area contributed by atoms with Gasteiger partial charge in [0, 0.05) is 0 Å². The molecule has 0 fully saturated rings. The first-order valence-corrected chi connectivity index (χ1v) is 3.96. The van der Waals surface area contributed by atoms with Crippen molar-refractivity contribution in [3.63, 3.8) is 0 Å². The van der Waals surface area contributed by atoms with Crippen LogP contribution in [0.3, 0.4) is 0 Å². The number of nitrogens with one attached hydrogen (secondary N) is 1. The lowest BCUT2D eigenvalue weighted by atomic mass is 10.2. The number of halogens is 4. The molecule has 0 saturated heterocycles. The Labute approximate surface area is 79.6 Å². The van der Waals surface area contributed by atoms with Crippen molar-refractivity contribution in [1.82, 2.24) is 5.48 Å². The van der Waals surface area contributed by atoms with E-state index < -0.39 is 18.0 Å². The number of furan rings is 1. The summed E-state index contributed by atoms with van der Waals surface area (Å²) in [7, 11) is 0. The maximum absolute atomic E-state index is 12.1. The molecule has 0 bridgehead atoms. The smallest absolute Gasteiger partial charge is 0.413 e. The second kappa shape index (κ2) is 3.69. The quantitative estimate of drug-likeness (QED) is 0.803. The van der Waals surface area contributed by atoms with E-state index in [1.54, 1.807) is 0 Å². The third-order valence-corrected chi connectivity index (χ3v) is 1.76. The molecule has 0 aliphatic carbocycles. The van der Waals surface area contributed by atoms with Crippen LogP contribution in [-0.4, -0.2) is 11.4 Å². The van der Waals surface area contributed by atoms with E-state index in [-0.39, 0.29) is 4.67 Å². The number of hydroxylamine groups is 1. The van der Waals surface area contributed by atoms with Crippen LogP contribution < -0.4 is 5.48 Å². The molecule has 1 aromatic heterocycles. The lowest BCUT2D eigenvalue weighted by Gasteiger charge is -2.15. The van der Waals surface area contributed by atoms with Crippen LogP contribution in [0.1, 0.15) is 11.8 Å². The minimum Gasteiger partial charge on any atom is -0.452 e. The Morgan fingerprint density at radius 3 is 2.38 bits per heavy atom. The molecule has 0 amide bonds. The molecule has 3 nitrogen and oxygen atoms in total. The summed E-state index contributed by atoms with van der Waals surface area (Å²) in [4.78, 5) is 0. The van der Waals surface area contributed by atoms with Gasteiger partial charge in [-0.2, -0.15) is 18.7 Å². The van der Waals surface area contributed by atoms with Crippen LogP contribution in [0.15, 0.2) is 21.2 Å². The highest BCUT2D eigenvalue weighted by Gasteiger charge is 2.42. The van der Waals surface area contributed by atoms with Crippen molar-refractivity contribution in [3.05, 3.63) is 22.6 Å². The molecule has 0 unspecified atom stereocenters. The van der Waals surface area contributed by atoms with E-state index in [2.05, 4.69) is 20.3 Å². The summed E-state index contributed by atoms with van der Waals surface area (Å²) in [6.45, 7) is 0. The molecule has 7 heteroatoms. The molecule has 74 valence electrons. The van der Waals surface area contributed by atoms with Gasteiger partial charge in [0.1, 0.15) is 5.76 Å². The molecule has 0 spiro atoms. The number of rotatable bonds is 2. The fourth-order valence-corrected chi connectivity index (χ4v) is 1.10. The Morgan fingerprint density at radius 2 is 2.08 bits per heavy atom. The summed E-state index contributed by atoms with van der Waals surface area (Å²) in [6.07, 6.45) is -4.59. The standard InChI is InChI=1S/C6H5BrF3NO2/c7-4-2-1-3(13-4)5(11-12)6(8,9)10/h1-2,5,11-12H/t5-/m1/s1. The topological polar surface area (TPSA) is 45.4 Å². The van der Waals surface area contributed by atoms with Crippen LogP contribution in [0.4, 0.5) is 13.2 Å². The molecule has 0 radical (unpaired) electrons. The van der Waals surface area contributed by atoms with Gasteiger partial charge in [-0.15, -0.1) is 0 Å². The molecular formula is C6H5BrF3NO2. The van der Waals surface area contributed by atoms with E-state index in [1.165, 1.54) is 6.07 Å². The van der Waals surface area contributed by atoms with Crippen LogP contribution in [0.5, 0.6) is 0 Å². The molecule has 13 heavy (non-hydrogen) atoms. The first-order valence-electron chi connectivity index (χ1n) is 3.16. The zero-order valence-corrected chi connectivity index (χ0v) is 7.69. The molecule has 1 heterocycles. The summed E-state index contributed by atoms with van der Waals surface area (Å²) in [5.41, 5.74) is 1.13. The van der Waals surface area contributed by atoms with Crippen molar-refractivity contribution in [2.45, 2.75) is 12.2 Å². The summed E-state index contributed by atoms with van der Waals surface area (Å²) in [5.74, 6) is -0.401. The van der Waals surface area contributed by atoms with Gasteiger partial charge in [0.15, 0.2) is 10.7 Å². The van der Waals surface area contributed by atoms with E-state index in [1.807, 2.05) is 0 Å². The minimum absolute atomic E-state index is 0.173. The van der Waals surface area contributed by atoms with Gasteiger partial charge in [-0.3, -0.25) is 0 Å². The third-order valence-electron chi connectivity index (χ3n) is 1.33. The van der Waals surface area contributed by atoms with Crippen LogP contribution in [0, 0.1) is 0 Å². The Bertz CT molecular complexity index is 286. The van der Waals surface area contributed by atoms with Crippen molar-refractivity contribution in [1.29, 1.82) is 0 Å². The lowest BCUT2D eigenvalue weighted by Crippen LogP contribution is -2.31. The van der Waals surface area contributed by atoms with Gasteiger partial charge in [-0.25, -0.2) is 0 Å². The van der Waals surface area contributed by atoms with E-state index in [0.29, 0.717) is 0 Å². The van der Waals surface area contributed by atoms with Gasteiger partial charge in [-0.1, -0.05) is 0 Å². The predicted molar refractivity (Wildman–Crippen MR) is 40.1 cm³/mol. The van der Waals surface area contributed by atoms with Crippen molar-refractivity contribution in [2.24, 2.45) is 0 Å². The third kappa shape index (κ3) is 2.45. The van der Waals surface area contributed by atoms with Gasteiger partial charge >= 0.3 is 6.18 Å². The summed E-state index contributed by atoms with van der Waals surface area (Å²) in [6, 6.07) is 0.232. The fraction of sp³-hybridized carbons (Fsp3) is 0.333. The highest BCUT2D eigenvalue weighted by molar-refractivity contribution is 9.10. The highest BCUT2D eigenvalue weighted by atomic mass is 79.9. The van der Waals surface area contributed by atoms with E-state index in [4.69, 9.17) is 5.21 Å². The Kier molecular flexibility index (Phi) is 2.99. The molecule has 0 saturated carbocycles. The molecular weight excluding hydrogens is 255 g/mol. The zero-order chi connectivity index (χ0) is 10.1. The van der Waals surface area contributed by atoms with Gasteiger partial charge in [0.05, 0.1) is 0 Å². The zero-order valence-electron chi connectivity index (χ0n) is 6.10. The molecule has 2 N–H and O–H groups in total. The predicted octanol–water partition coefficient (Wildman–Crippen LogP) is 2.62. The minimum atomic E-state index is -4.59. The maximum atomic E-state index is 12.1. The van der Waals surface area contributed by atoms with Crippen molar-refractivity contribution < 1.29 is 22.8 Å². The fourth-order valence-electron chi connectivity index (χ4n) is 0.782. The maximum Gasteiger partial charge on any atom is 0.413 e. The summed E-state index contributed by atoms with van der Waals surface area (Å²) < 4.78 is 41.2. The lowest BCUT2D eigenvalue weighted by molar-refractivity contribution is -0.182. The van der Waals surface area contributed by atoms with Crippen LogP contribution >= 0.6 is 15.9 Å². The van der Waals surface area contributed by atoms with Gasteiger partial charge in [0.2, 0.25) is 0 Å². The first-order chi connectivity index (χ1) is 5.95. The SMILES string of the molecule is ON[C@H](c1ccc(Br)o1)C(F)(F)F. The van der Waals surface area contributed by atoms with Crippen molar-refractivity contribution in [3.8, 4) is 0 Å². The molecule has 0 aliphatic rings. The average Bonchev–Trinajstić information content (AvgIpc) is 2.34. The summed E-state index contributed by atoms with van der Waals surface area (Å²) >= 11 is 2.85. The van der Waals surface area contributed by atoms with Crippen LogP contribution in [0.25, 0.3) is 0 Å². The second-order valence-corrected chi connectivity index (χ2v) is 3.03. The van der Waals surface area contributed by atoms with E-state index >= 15 is 0 Å². The molecule has 0 aromatic carbocycles. The number of alkyl halides is 3. The Morgan fingerprint density at radius 1 is 1.46 bits per heavy atom. The van der Waals surface area contributed by atoms with E-state index in [9.17, 15) is 13.2 Å². The normalized spacial score (nSPS) is 14.5. The Hall–Kier alpha value is -0.530. The van der Waals surface area contributed by atoms with Crippen molar-refractivity contribution in [2.75, 3.05) is 0 Å². The monoisotopic (exact) mass is 259 g/mol. The van der Waals surface area contributed by atoms with Crippen LogP contribution in [0.2, 0.25) is 0 Å². The van der Waals surface area contributed by atoms with Crippen molar-refractivity contribution >= 4 is 15.9 Å². The van der Waals surface area contributed by atoms with Gasteiger partial charge in [0.25, 0.3) is 0 Å². The number of hydrogen-bond donors (Lipinski definition) is 2. The second-order valence-electron chi connectivity index (χ2n) is 2.25. The van der Waals surface area contributed by atoms with Gasteiger partial charge < -0.3 is 9.62 Å². The molecule has 0 aliphatic heterocycles. The van der Waals surface area contributed by atoms with Gasteiger partial charge in [-0.05, 0) is 28.1 Å². The average molecular weight is 260 g/mol. The molecule has 1 rings (SSSR count). The number of hydrogen-bond acceptors (Lipinski definition) is 3. The largest absolute Gasteiger partial charge is 0.452 e. The first kappa shape index (κ1) is 10.6. The Balaban J connectivity index is 2.91. The highest BCUT2D eigenvalue weighted by Crippen LogP contribution is 2.33. The molecule has 1 aromatic rings. The van der Waals surface area contributed by atoms with E-state index in [0.717, 1.165) is 11.5 Å². The van der Waals surface area contributed by atoms with Crippen LogP contribution in [-0.2, 0) is 0 Å².